The Bertz CT molecular complexity index is 549. The maximum atomic E-state index is 12.9. The first-order valence-corrected chi connectivity index (χ1v) is 8.74. The zero-order chi connectivity index (χ0) is 18.4. The third kappa shape index (κ3) is 5.39. The summed E-state index contributed by atoms with van der Waals surface area (Å²) in [5.74, 6) is 0.276. The van der Waals surface area contributed by atoms with Crippen molar-refractivity contribution in [2.24, 2.45) is 11.8 Å². The molecule has 140 valence electrons. The second-order valence-corrected chi connectivity index (χ2v) is 6.78. The van der Waals surface area contributed by atoms with Crippen molar-refractivity contribution in [3.63, 3.8) is 0 Å². The number of nitrogens with zero attached hydrogens (tertiary/aromatic N) is 2. The van der Waals surface area contributed by atoms with E-state index < -0.39 is 12.2 Å². The number of amides is 1. The van der Waals surface area contributed by atoms with Crippen molar-refractivity contribution in [2.45, 2.75) is 33.0 Å². The van der Waals surface area contributed by atoms with Crippen LogP contribution in [0.4, 0.5) is 0 Å². The van der Waals surface area contributed by atoms with E-state index in [1.54, 1.807) is 17.0 Å². The summed E-state index contributed by atoms with van der Waals surface area (Å²) in [6, 6.07) is 3.36. The fraction of sp³-hybridized carbons (Fsp3) is 0.667. The summed E-state index contributed by atoms with van der Waals surface area (Å²) in [5, 5.41) is 19.9. The van der Waals surface area contributed by atoms with Crippen LogP contribution in [0.15, 0.2) is 18.3 Å². The van der Waals surface area contributed by atoms with Crippen LogP contribution in [0.2, 0.25) is 0 Å². The summed E-state index contributed by atoms with van der Waals surface area (Å²) in [5.41, 5.74) is 0.468. The zero-order valence-corrected chi connectivity index (χ0v) is 15.1. The summed E-state index contributed by atoms with van der Waals surface area (Å²) in [4.78, 5) is 18.7. The van der Waals surface area contributed by atoms with Crippen molar-refractivity contribution in [2.75, 3.05) is 32.9 Å². The van der Waals surface area contributed by atoms with E-state index in [0.29, 0.717) is 37.7 Å². The van der Waals surface area contributed by atoms with E-state index in [4.69, 9.17) is 9.47 Å². The summed E-state index contributed by atoms with van der Waals surface area (Å²) in [6.07, 6.45) is -0.305. The van der Waals surface area contributed by atoms with Crippen LogP contribution < -0.4 is 4.74 Å². The molecule has 1 fully saturated rings. The smallest absolute Gasteiger partial charge is 0.255 e. The fourth-order valence-corrected chi connectivity index (χ4v) is 2.90. The van der Waals surface area contributed by atoms with Crippen molar-refractivity contribution in [3.8, 4) is 5.88 Å². The van der Waals surface area contributed by atoms with E-state index in [2.05, 4.69) is 4.98 Å². The molecule has 0 spiro atoms. The predicted octanol–water partition coefficient (Wildman–Crippen LogP) is 0.947. The molecule has 1 amide bonds. The molecule has 0 radical (unpaired) electrons. The summed E-state index contributed by atoms with van der Waals surface area (Å²) in [6.45, 7) is 7.76. The molecule has 7 nitrogen and oxygen atoms in total. The van der Waals surface area contributed by atoms with E-state index >= 15 is 0 Å². The van der Waals surface area contributed by atoms with Gasteiger partial charge in [0.2, 0.25) is 5.88 Å². The number of aromatic nitrogens is 1. The summed E-state index contributed by atoms with van der Waals surface area (Å²) < 4.78 is 10.6. The normalized spacial score (nSPS) is 23.5. The first-order valence-electron chi connectivity index (χ1n) is 8.74. The highest BCUT2D eigenvalue weighted by Crippen LogP contribution is 2.19. The molecule has 0 aromatic carbocycles. The number of hydrogen-bond acceptors (Lipinski definition) is 6. The Balaban J connectivity index is 2.11. The highest BCUT2D eigenvalue weighted by Gasteiger charge is 2.33. The molecule has 1 aliphatic heterocycles. The highest BCUT2D eigenvalue weighted by atomic mass is 16.5. The molecule has 25 heavy (non-hydrogen) atoms. The Labute approximate surface area is 148 Å². The maximum absolute atomic E-state index is 12.9. The van der Waals surface area contributed by atoms with Crippen LogP contribution in [-0.4, -0.2) is 71.1 Å². The van der Waals surface area contributed by atoms with Crippen LogP contribution in [0.1, 0.15) is 31.1 Å². The predicted molar refractivity (Wildman–Crippen MR) is 92.5 cm³/mol. The van der Waals surface area contributed by atoms with Crippen LogP contribution in [0.25, 0.3) is 0 Å². The molecule has 2 heterocycles. The Morgan fingerprint density at radius 3 is 2.76 bits per heavy atom. The van der Waals surface area contributed by atoms with Gasteiger partial charge in [-0.2, -0.15) is 0 Å². The SMILES string of the molecule is CCOc1ccc(C(=O)N(CC(C)C)C[C@@H]2COC[C@@H](O)[C@H]2O)cn1. The molecule has 1 saturated heterocycles. The molecule has 2 rings (SSSR count). The molecule has 0 unspecified atom stereocenters. The molecule has 7 heteroatoms. The van der Waals surface area contributed by atoms with E-state index in [0.717, 1.165) is 0 Å². The zero-order valence-electron chi connectivity index (χ0n) is 15.1. The van der Waals surface area contributed by atoms with Gasteiger partial charge in [-0.15, -0.1) is 0 Å². The Kier molecular flexibility index (Phi) is 7.16. The molecule has 1 aromatic rings. The van der Waals surface area contributed by atoms with Crippen molar-refractivity contribution in [3.05, 3.63) is 23.9 Å². The second-order valence-electron chi connectivity index (χ2n) is 6.78. The minimum Gasteiger partial charge on any atom is -0.478 e. The van der Waals surface area contributed by atoms with Gasteiger partial charge in [-0.05, 0) is 18.9 Å². The van der Waals surface area contributed by atoms with Gasteiger partial charge in [0.1, 0.15) is 6.10 Å². The largest absolute Gasteiger partial charge is 0.478 e. The van der Waals surface area contributed by atoms with Crippen molar-refractivity contribution >= 4 is 5.91 Å². The quantitative estimate of drug-likeness (QED) is 0.759. The lowest BCUT2D eigenvalue weighted by Gasteiger charge is -2.36. The first-order chi connectivity index (χ1) is 11.9. The third-order valence-corrected chi connectivity index (χ3v) is 4.10. The number of hydrogen-bond donors (Lipinski definition) is 2. The number of carbonyl (C=O) groups is 1. The topological polar surface area (TPSA) is 92.1 Å². The number of rotatable bonds is 7. The standard InChI is InChI=1S/C18H28N2O5/c1-4-25-16-6-5-13(7-19-16)18(23)20(8-12(2)3)9-14-10-24-11-15(21)17(14)22/h5-7,12,14-15,17,21-22H,4,8-11H2,1-3H3/t14-,15-,17+/m1/s1. The number of ether oxygens (including phenoxy) is 2. The van der Waals surface area contributed by atoms with Gasteiger partial charge in [-0.3, -0.25) is 4.79 Å². The van der Waals surface area contributed by atoms with Gasteiger partial charge in [0.25, 0.3) is 5.91 Å². The molecule has 1 aliphatic rings. The average molecular weight is 352 g/mol. The van der Waals surface area contributed by atoms with Gasteiger partial charge in [0, 0.05) is 31.3 Å². The molecular weight excluding hydrogens is 324 g/mol. The molecule has 3 atom stereocenters. The van der Waals surface area contributed by atoms with Crippen LogP contribution in [0.3, 0.4) is 0 Å². The minimum absolute atomic E-state index is 0.124. The Morgan fingerprint density at radius 1 is 1.40 bits per heavy atom. The number of carbonyl (C=O) groups excluding carboxylic acids is 1. The van der Waals surface area contributed by atoms with Gasteiger partial charge in [0.05, 0.1) is 31.5 Å². The molecule has 0 aliphatic carbocycles. The molecule has 2 N–H and O–H groups in total. The number of aliphatic hydroxyl groups excluding tert-OH is 2. The van der Waals surface area contributed by atoms with E-state index in [1.807, 2.05) is 20.8 Å². The lowest BCUT2D eigenvalue weighted by molar-refractivity contribution is -0.124. The maximum Gasteiger partial charge on any atom is 0.255 e. The Morgan fingerprint density at radius 2 is 2.16 bits per heavy atom. The summed E-state index contributed by atoms with van der Waals surface area (Å²) >= 11 is 0. The third-order valence-electron chi connectivity index (χ3n) is 4.10. The fourth-order valence-electron chi connectivity index (χ4n) is 2.90. The van der Waals surface area contributed by atoms with E-state index in [1.165, 1.54) is 6.20 Å². The average Bonchev–Trinajstić information content (AvgIpc) is 2.58. The van der Waals surface area contributed by atoms with Crippen molar-refractivity contribution < 1.29 is 24.5 Å². The number of aliphatic hydroxyl groups is 2. The molecular formula is C18H28N2O5. The van der Waals surface area contributed by atoms with Gasteiger partial charge in [-0.25, -0.2) is 4.98 Å². The van der Waals surface area contributed by atoms with Crippen LogP contribution in [-0.2, 0) is 4.74 Å². The second kappa shape index (κ2) is 9.12. The first kappa shape index (κ1) is 19.6. The minimum atomic E-state index is -0.915. The van der Waals surface area contributed by atoms with E-state index in [-0.39, 0.29) is 24.3 Å². The van der Waals surface area contributed by atoms with Crippen LogP contribution in [0.5, 0.6) is 5.88 Å². The van der Waals surface area contributed by atoms with Crippen molar-refractivity contribution in [1.82, 2.24) is 9.88 Å². The monoisotopic (exact) mass is 352 g/mol. The summed E-state index contributed by atoms with van der Waals surface area (Å²) in [7, 11) is 0. The van der Waals surface area contributed by atoms with Gasteiger partial charge >= 0.3 is 0 Å². The van der Waals surface area contributed by atoms with Crippen LogP contribution in [0, 0.1) is 11.8 Å². The molecule has 1 aromatic heterocycles. The van der Waals surface area contributed by atoms with Crippen molar-refractivity contribution in [1.29, 1.82) is 0 Å². The van der Waals surface area contributed by atoms with Gasteiger partial charge in [-0.1, -0.05) is 13.8 Å². The van der Waals surface area contributed by atoms with Crippen LogP contribution >= 0.6 is 0 Å². The number of pyridine rings is 1. The van der Waals surface area contributed by atoms with Gasteiger partial charge in [0.15, 0.2) is 0 Å². The lowest BCUT2D eigenvalue weighted by Crippen LogP contribution is -2.50. The van der Waals surface area contributed by atoms with E-state index in [9.17, 15) is 15.0 Å². The van der Waals surface area contributed by atoms with Gasteiger partial charge < -0.3 is 24.6 Å². The Hall–Kier alpha value is -1.70. The lowest BCUT2D eigenvalue weighted by atomic mass is 9.95. The molecule has 0 saturated carbocycles. The molecule has 0 bridgehead atoms. The highest BCUT2D eigenvalue weighted by molar-refractivity contribution is 5.94.